The van der Waals surface area contributed by atoms with Crippen LogP contribution in [0.1, 0.15) is 22.9 Å². The van der Waals surface area contributed by atoms with Crippen LogP contribution in [0.4, 0.5) is 18.0 Å². The first-order valence-electron chi connectivity index (χ1n) is 7.77. The van der Waals surface area contributed by atoms with Crippen LogP contribution >= 0.6 is 11.6 Å². The van der Waals surface area contributed by atoms with Crippen LogP contribution in [0.15, 0.2) is 42.6 Å². The maximum Gasteiger partial charge on any atom is 0.417 e. The molecule has 0 radical (unpaired) electrons. The summed E-state index contributed by atoms with van der Waals surface area (Å²) in [5.74, 6) is -0.602. The molecule has 0 bridgehead atoms. The highest BCUT2D eigenvalue weighted by Crippen LogP contribution is 2.30. The van der Waals surface area contributed by atoms with E-state index < -0.39 is 35.9 Å². The molecule has 2 N–H and O–H groups in total. The van der Waals surface area contributed by atoms with Gasteiger partial charge in [0, 0.05) is 11.2 Å². The molecule has 10 heteroatoms. The van der Waals surface area contributed by atoms with Crippen molar-refractivity contribution < 1.29 is 27.5 Å². The smallest absolute Gasteiger partial charge is 0.417 e. The number of rotatable bonds is 4. The Labute approximate surface area is 156 Å². The van der Waals surface area contributed by atoms with E-state index in [0.717, 1.165) is 6.07 Å². The minimum absolute atomic E-state index is 0.00154. The number of benzene rings is 1. The van der Waals surface area contributed by atoms with Gasteiger partial charge in [-0.25, -0.2) is 4.79 Å². The molecular weight excluding hydrogens is 387 g/mol. The van der Waals surface area contributed by atoms with Crippen molar-refractivity contribution in [3.63, 3.8) is 0 Å². The highest BCUT2D eigenvalue weighted by atomic mass is 35.5. The van der Waals surface area contributed by atoms with Crippen LogP contribution in [0.25, 0.3) is 0 Å². The Hall–Kier alpha value is -2.81. The average molecular weight is 400 g/mol. The Bertz CT molecular complexity index is 841. The standard InChI is InChI=1S/C17H13ClF3N3O3/c18-11-4-1-9(2-5-11)14(24-15(25)13-8-23-16(26)27-13)12-6-3-10(7-22-12)17(19,20)21/h1-7,13-14H,8H2,(H,23,26)(H,24,25)/t13-,14?/m0/s1. The third-order valence-electron chi connectivity index (χ3n) is 3.87. The van der Waals surface area contributed by atoms with E-state index in [1.54, 1.807) is 24.3 Å². The molecule has 2 heterocycles. The third-order valence-corrected chi connectivity index (χ3v) is 4.12. The normalized spacial score (nSPS) is 17.8. The van der Waals surface area contributed by atoms with Gasteiger partial charge in [-0.2, -0.15) is 13.2 Å². The number of carbonyl (C=O) groups is 2. The number of hydrogen-bond donors (Lipinski definition) is 2. The van der Waals surface area contributed by atoms with Gasteiger partial charge in [-0.05, 0) is 29.8 Å². The quantitative estimate of drug-likeness (QED) is 0.828. The van der Waals surface area contributed by atoms with Crippen LogP contribution in [0, 0.1) is 0 Å². The van der Waals surface area contributed by atoms with Crippen molar-refractivity contribution in [2.45, 2.75) is 18.3 Å². The highest BCUT2D eigenvalue weighted by molar-refractivity contribution is 6.30. The van der Waals surface area contributed by atoms with Gasteiger partial charge in [-0.3, -0.25) is 9.78 Å². The fraction of sp³-hybridized carbons (Fsp3) is 0.235. The molecule has 3 rings (SSSR count). The molecule has 2 amide bonds. The fourth-order valence-electron chi connectivity index (χ4n) is 2.50. The van der Waals surface area contributed by atoms with Gasteiger partial charge in [0.25, 0.3) is 5.91 Å². The number of amides is 2. The first-order chi connectivity index (χ1) is 12.7. The van der Waals surface area contributed by atoms with E-state index in [9.17, 15) is 22.8 Å². The molecule has 2 aromatic rings. The van der Waals surface area contributed by atoms with Gasteiger partial charge in [-0.15, -0.1) is 0 Å². The van der Waals surface area contributed by atoms with Gasteiger partial charge in [0.2, 0.25) is 0 Å². The van der Waals surface area contributed by atoms with Crippen LogP contribution in [0.5, 0.6) is 0 Å². The molecule has 1 aliphatic heterocycles. The second-order valence-corrected chi connectivity index (χ2v) is 6.17. The Morgan fingerprint density at radius 3 is 2.48 bits per heavy atom. The van der Waals surface area contributed by atoms with E-state index in [4.69, 9.17) is 16.3 Å². The summed E-state index contributed by atoms with van der Waals surface area (Å²) >= 11 is 5.86. The Balaban J connectivity index is 1.89. The first-order valence-corrected chi connectivity index (χ1v) is 8.15. The molecule has 1 aromatic heterocycles. The van der Waals surface area contributed by atoms with Crippen LogP contribution in [0.2, 0.25) is 5.02 Å². The third kappa shape index (κ3) is 4.48. The van der Waals surface area contributed by atoms with E-state index in [1.165, 1.54) is 6.07 Å². The summed E-state index contributed by atoms with van der Waals surface area (Å²) in [5, 5.41) is 5.46. The predicted molar refractivity (Wildman–Crippen MR) is 88.9 cm³/mol. The second kappa shape index (κ2) is 7.43. The zero-order valence-corrected chi connectivity index (χ0v) is 14.3. The van der Waals surface area contributed by atoms with Crippen molar-refractivity contribution in [2.75, 3.05) is 6.54 Å². The molecule has 0 aliphatic carbocycles. The first kappa shape index (κ1) is 19.0. The van der Waals surface area contributed by atoms with Gasteiger partial charge in [0.1, 0.15) is 0 Å². The van der Waals surface area contributed by atoms with E-state index in [2.05, 4.69) is 15.6 Å². The van der Waals surface area contributed by atoms with Crippen LogP contribution in [-0.2, 0) is 15.7 Å². The van der Waals surface area contributed by atoms with Crippen molar-refractivity contribution in [1.82, 2.24) is 15.6 Å². The zero-order chi connectivity index (χ0) is 19.6. The molecule has 0 spiro atoms. The van der Waals surface area contributed by atoms with Gasteiger partial charge < -0.3 is 15.4 Å². The van der Waals surface area contributed by atoms with Crippen LogP contribution in [0.3, 0.4) is 0 Å². The number of carbonyl (C=O) groups excluding carboxylic acids is 2. The number of pyridine rings is 1. The molecule has 6 nitrogen and oxygen atoms in total. The number of aromatic nitrogens is 1. The molecule has 142 valence electrons. The minimum atomic E-state index is -4.52. The lowest BCUT2D eigenvalue weighted by atomic mass is 10.0. The number of halogens is 4. The average Bonchev–Trinajstić information content (AvgIpc) is 3.06. The Morgan fingerprint density at radius 1 is 1.26 bits per heavy atom. The van der Waals surface area contributed by atoms with Crippen LogP contribution in [-0.4, -0.2) is 29.6 Å². The fourth-order valence-corrected chi connectivity index (χ4v) is 2.62. The topological polar surface area (TPSA) is 80.3 Å². The summed E-state index contributed by atoms with van der Waals surface area (Å²) in [6.45, 7) is -0.00154. The molecule has 2 atom stereocenters. The number of ether oxygens (including phenoxy) is 1. The van der Waals surface area contributed by atoms with Crippen molar-refractivity contribution in [3.8, 4) is 0 Å². The maximum atomic E-state index is 12.8. The summed E-state index contributed by atoms with van der Waals surface area (Å²) in [6, 6.07) is 7.61. The summed E-state index contributed by atoms with van der Waals surface area (Å²) < 4.78 is 43.1. The summed E-state index contributed by atoms with van der Waals surface area (Å²) in [7, 11) is 0. The van der Waals surface area contributed by atoms with E-state index in [1.807, 2.05) is 0 Å². The summed E-state index contributed by atoms with van der Waals surface area (Å²) in [4.78, 5) is 27.3. The molecule has 1 aromatic carbocycles. The molecule has 0 saturated carbocycles. The number of cyclic esters (lactones) is 1. The van der Waals surface area contributed by atoms with E-state index in [-0.39, 0.29) is 12.2 Å². The second-order valence-electron chi connectivity index (χ2n) is 5.74. The van der Waals surface area contributed by atoms with Gasteiger partial charge >= 0.3 is 12.3 Å². The number of alkyl halides is 3. The zero-order valence-electron chi connectivity index (χ0n) is 13.6. The lowest BCUT2D eigenvalue weighted by molar-refractivity contribution is -0.138. The Morgan fingerprint density at radius 2 is 1.96 bits per heavy atom. The van der Waals surface area contributed by atoms with Crippen molar-refractivity contribution in [1.29, 1.82) is 0 Å². The van der Waals surface area contributed by atoms with Crippen LogP contribution < -0.4 is 10.6 Å². The molecule has 1 unspecified atom stereocenters. The summed E-state index contributed by atoms with van der Waals surface area (Å²) in [6.07, 6.45) is -5.58. The SMILES string of the molecule is O=C1NC[C@@H](C(=O)NC(c2ccc(Cl)cc2)c2ccc(C(F)(F)F)cn2)O1. The van der Waals surface area contributed by atoms with Crippen molar-refractivity contribution in [2.24, 2.45) is 0 Å². The molecule has 27 heavy (non-hydrogen) atoms. The van der Waals surface area contributed by atoms with E-state index in [0.29, 0.717) is 16.8 Å². The Kier molecular flexibility index (Phi) is 5.22. The molecule has 1 saturated heterocycles. The van der Waals surface area contributed by atoms with Crippen molar-refractivity contribution >= 4 is 23.6 Å². The van der Waals surface area contributed by atoms with Gasteiger partial charge in [0.15, 0.2) is 6.10 Å². The maximum absolute atomic E-state index is 12.8. The highest BCUT2D eigenvalue weighted by Gasteiger charge is 2.33. The van der Waals surface area contributed by atoms with Gasteiger partial charge in [-0.1, -0.05) is 23.7 Å². The number of hydrogen-bond acceptors (Lipinski definition) is 4. The van der Waals surface area contributed by atoms with E-state index >= 15 is 0 Å². The van der Waals surface area contributed by atoms with Crippen molar-refractivity contribution in [3.05, 3.63) is 64.4 Å². The summed E-state index contributed by atoms with van der Waals surface area (Å²) in [5.41, 5.74) is -0.158. The largest absolute Gasteiger partial charge is 0.434 e. The number of nitrogens with one attached hydrogen (secondary N) is 2. The molecule has 1 fully saturated rings. The molecule has 1 aliphatic rings. The number of nitrogens with zero attached hydrogens (tertiary/aromatic N) is 1. The predicted octanol–water partition coefficient (Wildman–Crippen LogP) is 3.07. The lowest BCUT2D eigenvalue weighted by Gasteiger charge is -2.21. The van der Waals surface area contributed by atoms with Gasteiger partial charge in [0.05, 0.1) is 23.8 Å². The number of alkyl carbamates (subject to hydrolysis) is 1. The molecular formula is C17H13ClF3N3O3. The lowest BCUT2D eigenvalue weighted by Crippen LogP contribution is -2.39. The minimum Gasteiger partial charge on any atom is -0.434 e. The monoisotopic (exact) mass is 399 g/mol.